The van der Waals surface area contributed by atoms with Crippen LogP contribution in [-0.2, 0) is 99.6 Å². The van der Waals surface area contributed by atoms with E-state index < -0.39 is 372 Å². The fourth-order valence-electron chi connectivity index (χ4n) is 24.4. The highest BCUT2D eigenvalue weighted by atomic mass is 16.8. The van der Waals surface area contributed by atoms with Crippen LogP contribution in [0.2, 0.25) is 0 Å². The molecular weight excluding hydrogens is 1840 g/mol. The van der Waals surface area contributed by atoms with Crippen molar-refractivity contribution in [2.75, 3.05) is 39.6 Å². The molecule has 14 rings (SSSR count). The molecule has 792 valence electrons. The van der Waals surface area contributed by atoms with Gasteiger partial charge in [-0.05, 0) is 138 Å². The van der Waals surface area contributed by atoms with Crippen LogP contribution in [0.3, 0.4) is 0 Å². The lowest BCUT2D eigenvalue weighted by atomic mass is 9.33. The summed E-state index contributed by atoms with van der Waals surface area (Å²) < 4.78 is 117. The number of fused-ring (bicyclic) bond motifs is 7. The van der Waals surface area contributed by atoms with Gasteiger partial charge in [0.05, 0.1) is 75.1 Å². The van der Waals surface area contributed by atoms with E-state index in [2.05, 4.69) is 33.4 Å². The van der Waals surface area contributed by atoms with Crippen molar-refractivity contribution in [1.29, 1.82) is 0 Å². The standard InChI is InChI=1S/C92H148O46/c1-14-88(10,138-81-68(116)58(106)50(98)35(3)122-81)21-15-16-34(2)75(118)130-49-27-92(85(119)137-84-74(62(110)55(103)43(30-95)128-84)136-80-69(117)71(133-78-66(114)59(107)53(101)41(28-93)125-78)70(37(5)124-80)132-77-65(113)56(104)44(31-96)127-77)25-24-90(12)38(39(92)26-86(49,6)7)17-18-47-89(11)22-20-48(87(8,9)46(89)19-23-91(47,90)13)131-83-73(135-79-67(115)60(108)54(102)42(29-94)126-79)63(111)57(105)45(129-83)33-121-82-72(61(109)51(99)36(4)123-82)134-76-64(112)52(100)40(97)32-120-76/h14,16-17,35-37,39-74,76-84,93-117H,1,15,18-33H2,2-13H3/b34-16+/t35-,36-,37+,39+,40-,41-,42-,43-,44+,45-,46?,47-,48+,49+,50-,51+,52+,53-,54-,55-,56+,57-,58+,59+,60+,61+,62+,63+,64-,65-,66-,67-,68-,69-,70+,71+,72-,73-,74-,76+,77+,78+,79+,80+,81+,82-,83+,84+,88-,89+,90-,91-,92-/m1/s1. The zero-order valence-corrected chi connectivity index (χ0v) is 79.4. The van der Waals surface area contributed by atoms with E-state index in [1.807, 2.05) is 27.7 Å². The van der Waals surface area contributed by atoms with Gasteiger partial charge in [0.15, 0.2) is 56.4 Å². The Hall–Kier alpha value is -3.52. The Kier molecular flexibility index (Phi) is 34.3. The van der Waals surface area contributed by atoms with E-state index in [4.69, 9.17) is 90.0 Å². The summed E-state index contributed by atoms with van der Waals surface area (Å²) in [5.41, 5.74) is -5.66. The summed E-state index contributed by atoms with van der Waals surface area (Å²) >= 11 is 0. The first-order chi connectivity index (χ1) is 64.7. The Labute approximate surface area is 797 Å². The summed E-state index contributed by atoms with van der Waals surface area (Å²) in [6.07, 6.45) is -69.5. The van der Waals surface area contributed by atoms with Crippen molar-refractivity contribution in [3.63, 3.8) is 0 Å². The number of ether oxygens (including phenoxy) is 19. The fourth-order valence-corrected chi connectivity index (χ4v) is 24.4. The predicted molar refractivity (Wildman–Crippen MR) is 459 cm³/mol. The molecule has 25 N–H and O–H groups in total. The maximum absolute atomic E-state index is 16.8. The molecule has 46 nitrogen and oxygen atoms in total. The summed E-state index contributed by atoms with van der Waals surface area (Å²) in [4.78, 5) is 31.7. The first-order valence-electron chi connectivity index (χ1n) is 48.0. The van der Waals surface area contributed by atoms with E-state index in [0.29, 0.717) is 32.1 Å². The molecule has 5 aliphatic carbocycles. The number of aliphatic hydroxyl groups excluding tert-OH is 25. The van der Waals surface area contributed by atoms with Crippen molar-refractivity contribution in [2.24, 2.45) is 50.2 Å². The number of aliphatic hydroxyl groups is 25. The van der Waals surface area contributed by atoms with Gasteiger partial charge in [-0.15, -0.1) is 6.58 Å². The molecule has 46 heteroatoms. The second-order valence-corrected chi connectivity index (χ2v) is 42.7. The number of hydrogen-bond donors (Lipinski definition) is 25. The largest absolute Gasteiger partial charge is 0.458 e. The van der Waals surface area contributed by atoms with Crippen LogP contribution in [0.15, 0.2) is 36.0 Å². The van der Waals surface area contributed by atoms with Crippen LogP contribution in [0.4, 0.5) is 0 Å². The molecule has 0 radical (unpaired) electrons. The normalized spacial score (nSPS) is 51.9. The van der Waals surface area contributed by atoms with Crippen molar-refractivity contribution in [1.82, 2.24) is 0 Å². The SMILES string of the molecule is C=C[C@](C)(CC/C=C(\C)C(=O)O[C@H]1C[C@]2(C(=O)O[C@@H]3O[C@H](CO)[C@@H](O)[C@H](O)[C@H]3O[C@@H]3O[C@@H](C)[C@H](O[C@@H]4O[C@@H](CO)[C@H](O)[C@H]4O)[C@@H](O[C@@H]4O[C@H](CO)[C@@H](O)[C@H](O)[C@H]4O)[C@H]3O)CC[C@]3(C)C(=CC[C@@H]4[C@@]5(C)CC[C@H](O[C@@H]6O[C@H](CO[C@@H]7O[C@H](C)[C@H](O)[C@H](O)[C@H]7O[C@@H]7OC[C@@H](O)[C@H](O)[C@H]7O)[C@@H](O)[C@H](O)[C@H]6O[C@@H]6O[C@H](CO)[C@@H](O)[C@H](O)[C@H]6O)C(C)(C)C5CC[C@]43C)[C@@H]2CC1(C)C)O[C@@H]1O[C@H](C)[C@@H](O)[C@H](O)[C@H]1O. The fraction of sp³-hybridized carbons (Fsp3) is 0.913. The van der Waals surface area contributed by atoms with Crippen molar-refractivity contribution in [3.05, 3.63) is 36.0 Å². The lowest BCUT2D eigenvalue weighted by Gasteiger charge is -2.71. The Morgan fingerprint density at radius 1 is 0.442 bits per heavy atom. The first-order valence-corrected chi connectivity index (χ1v) is 48.0. The molecule has 9 saturated heterocycles. The Morgan fingerprint density at radius 2 is 0.899 bits per heavy atom. The topological polar surface area (TPSA) is 715 Å². The molecule has 14 aliphatic rings. The van der Waals surface area contributed by atoms with Gasteiger partial charge in [-0.25, -0.2) is 4.79 Å². The summed E-state index contributed by atoms with van der Waals surface area (Å²) in [6.45, 7) is 21.2. The molecule has 0 aromatic heterocycles. The molecule has 9 aliphatic heterocycles. The second-order valence-electron chi connectivity index (χ2n) is 42.7. The lowest BCUT2D eigenvalue weighted by molar-refractivity contribution is -0.390. The highest BCUT2D eigenvalue weighted by molar-refractivity contribution is 5.88. The van der Waals surface area contributed by atoms with Crippen LogP contribution in [0.25, 0.3) is 0 Å². The molecule has 13 fully saturated rings. The van der Waals surface area contributed by atoms with E-state index in [9.17, 15) is 132 Å². The van der Waals surface area contributed by atoms with Gasteiger partial charge < -0.3 is 218 Å². The smallest absolute Gasteiger partial charge is 0.333 e. The molecular formula is C92H148O46. The van der Waals surface area contributed by atoms with Crippen molar-refractivity contribution in [2.45, 2.75) is 436 Å². The average Bonchev–Trinajstić information content (AvgIpc) is 0.792. The lowest BCUT2D eigenvalue weighted by Crippen LogP contribution is -2.68. The highest BCUT2D eigenvalue weighted by Gasteiger charge is 2.73. The van der Waals surface area contributed by atoms with E-state index in [1.54, 1.807) is 19.9 Å². The molecule has 0 aromatic rings. The van der Waals surface area contributed by atoms with Crippen molar-refractivity contribution >= 4 is 11.9 Å². The Balaban J connectivity index is 0.759. The molecule has 53 atom stereocenters. The molecule has 0 aromatic carbocycles. The molecule has 0 bridgehead atoms. The number of hydrogen-bond acceptors (Lipinski definition) is 46. The number of carbonyl (C=O) groups excluding carboxylic acids is 2. The van der Waals surface area contributed by atoms with Gasteiger partial charge in [0.25, 0.3) is 0 Å². The molecule has 0 amide bonds. The zero-order chi connectivity index (χ0) is 101. The number of carbonyl (C=O) groups is 2. The second kappa shape index (κ2) is 43.0. The van der Waals surface area contributed by atoms with Crippen LogP contribution >= 0.6 is 0 Å². The summed E-state index contributed by atoms with van der Waals surface area (Å²) in [7, 11) is 0. The van der Waals surface area contributed by atoms with E-state index in [0.717, 1.165) is 5.57 Å². The average molecular weight is 1990 g/mol. The number of allylic oxidation sites excluding steroid dienone is 3. The summed E-state index contributed by atoms with van der Waals surface area (Å²) in [5, 5.41) is 276. The quantitative estimate of drug-likeness (QED) is 0.0143. The molecule has 138 heavy (non-hydrogen) atoms. The highest BCUT2D eigenvalue weighted by Crippen LogP contribution is 2.76. The third-order valence-electron chi connectivity index (χ3n) is 33.5. The van der Waals surface area contributed by atoms with Gasteiger partial charge in [-0.2, -0.15) is 0 Å². The van der Waals surface area contributed by atoms with Crippen LogP contribution in [0, 0.1) is 50.2 Å². The van der Waals surface area contributed by atoms with Gasteiger partial charge in [-0.3, -0.25) is 4.79 Å². The van der Waals surface area contributed by atoms with Gasteiger partial charge >= 0.3 is 11.9 Å². The zero-order valence-electron chi connectivity index (χ0n) is 79.4. The molecule has 9 heterocycles. The third-order valence-corrected chi connectivity index (χ3v) is 33.5. The van der Waals surface area contributed by atoms with Gasteiger partial charge in [0, 0.05) is 17.4 Å². The number of rotatable bonds is 29. The van der Waals surface area contributed by atoms with Crippen LogP contribution in [0.1, 0.15) is 154 Å². The Morgan fingerprint density at radius 3 is 1.48 bits per heavy atom. The maximum Gasteiger partial charge on any atom is 0.333 e. The Bertz CT molecular complexity index is 4130. The van der Waals surface area contributed by atoms with E-state index >= 15 is 4.79 Å². The summed E-state index contributed by atoms with van der Waals surface area (Å²) in [6, 6.07) is 0. The maximum atomic E-state index is 16.8. The monoisotopic (exact) mass is 1990 g/mol. The van der Waals surface area contributed by atoms with Crippen molar-refractivity contribution in [3.8, 4) is 0 Å². The summed E-state index contributed by atoms with van der Waals surface area (Å²) in [5.74, 6) is -2.84. The van der Waals surface area contributed by atoms with Gasteiger partial charge in [0.2, 0.25) is 6.29 Å². The van der Waals surface area contributed by atoms with E-state index in [-0.39, 0.29) is 55.9 Å². The van der Waals surface area contributed by atoms with Gasteiger partial charge in [0.1, 0.15) is 189 Å². The first kappa shape index (κ1) is 110. The van der Waals surface area contributed by atoms with E-state index in [1.165, 1.54) is 26.8 Å². The van der Waals surface area contributed by atoms with Crippen molar-refractivity contribution < 1.29 is 227 Å². The third kappa shape index (κ3) is 20.5. The molecule has 4 saturated carbocycles. The molecule has 1 unspecified atom stereocenters. The van der Waals surface area contributed by atoms with Crippen LogP contribution in [-0.4, -0.2) is 461 Å². The number of esters is 2. The van der Waals surface area contributed by atoms with Crippen LogP contribution in [0.5, 0.6) is 0 Å². The minimum absolute atomic E-state index is 0.0209. The van der Waals surface area contributed by atoms with Gasteiger partial charge in [-0.1, -0.05) is 72.3 Å². The minimum atomic E-state index is -2.24. The minimum Gasteiger partial charge on any atom is -0.458 e. The van der Waals surface area contributed by atoms with Crippen LogP contribution < -0.4 is 0 Å². The molecule has 0 spiro atoms. The predicted octanol–water partition coefficient (Wildman–Crippen LogP) is -7.37.